The van der Waals surface area contributed by atoms with Gasteiger partial charge in [0.15, 0.2) is 0 Å². The number of aryl methyl sites for hydroxylation is 1. The lowest BCUT2D eigenvalue weighted by atomic mass is 9.58. The van der Waals surface area contributed by atoms with Gasteiger partial charge >= 0.3 is 0 Å². The van der Waals surface area contributed by atoms with Gasteiger partial charge in [-0.05, 0) is 105 Å². The lowest BCUT2D eigenvalue weighted by Crippen LogP contribution is -2.55. The van der Waals surface area contributed by atoms with Crippen LogP contribution in [0.1, 0.15) is 67.4 Å². The predicted molar refractivity (Wildman–Crippen MR) is 192 cm³/mol. The molecule has 1 amide bonds. The zero-order valence-electron chi connectivity index (χ0n) is 28.7. The number of sulfonamides is 1. The van der Waals surface area contributed by atoms with E-state index in [1.54, 1.807) is 13.0 Å². The van der Waals surface area contributed by atoms with Crippen LogP contribution in [0.2, 0.25) is 5.02 Å². The summed E-state index contributed by atoms with van der Waals surface area (Å²) in [6.07, 6.45) is 9.79. The molecule has 49 heavy (non-hydrogen) atoms. The Balaban J connectivity index is 1.32. The molecule has 7 rings (SSSR count). The predicted octanol–water partition coefficient (Wildman–Crippen LogP) is 5.19. The quantitative estimate of drug-likeness (QED) is 0.419. The highest BCUT2D eigenvalue weighted by molar-refractivity contribution is 7.90. The summed E-state index contributed by atoms with van der Waals surface area (Å²) >= 11 is 6.47. The summed E-state index contributed by atoms with van der Waals surface area (Å²) in [5.74, 6) is 0.349. The number of morpholine rings is 1. The van der Waals surface area contributed by atoms with Crippen molar-refractivity contribution in [3.63, 3.8) is 0 Å². The Labute approximate surface area is 296 Å². The molecular formula is C38H50ClN3O6S. The third-order valence-corrected chi connectivity index (χ3v) is 14.5. The van der Waals surface area contributed by atoms with E-state index in [9.17, 15) is 18.3 Å². The molecule has 2 N–H and O–H groups in total. The third-order valence-electron chi connectivity index (χ3n) is 12.3. The van der Waals surface area contributed by atoms with Crippen LogP contribution in [-0.4, -0.2) is 88.7 Å². The molecular weight excluding hydrogens is 662 g/mol. The Morgan fingerprint density at radius 2 is 1.92 bits per heavy atom. The smallest absolute Gasteiger partial charge is 0.264 e. The summed E-state index contributed by atoms with van der Waals surface area (Å²) in [7, 11) is -3.96. The number of halogens is 1. The number of nitrogens with zero attached hydrogens (tertiary/aromatic N) is 2. The number of amides is 1. The van der Waals surface area contributed by atoms with Gasteiger partial charge in [-0.1, -0.05) is 36.7 Å². The summed E-state index contributed by atoms with van der Waals surface area (Å²) in [5, 5.41) is 11.2. The van der Waals surface area contributed by atoms with E-state index in [0.29, 0.717) is 44.5 Å². The van der Waals surface area contributed by atoms with Crippen molar-refractivity contribution in [1.29, 1.82) is 0 Å². The van der Waals surface area contributed by atoms with Crippen molar-refractivity contribution in [2.45, 2.75) is 63.0 Å². The van der Waals surface area contributed by atoms with E-state index < -0.39 is 26.6 Å². The van der Waals surface area contributed by atoms with Gasteiger partial charge in [-0.25, -0.2) is 13.1 Å². The first-order valence-corrected chi connectivity index (χ1v) is 19.9. The van der Waals surface area contributed by atoms with E-state index in [2.05, 4.69) is 38.8 Å². The molecule has 0 aromatic heterocycles. The van der Waals surface area contributed by atoms with Crippen LogP contribution >= 0.6 is 11.6 Å². The molecule has 3 heterocycles. The van der Waals surface area contributed by atoms with Crippen LogP contribution in [-0.2, 0) is 26.6 Å². The van der Waals surface area contributed by atoms with Gasteiger partial charge in [0.2, 0.25) is 10.0 Å². The summed E-state index contributed by atoms with van der Waals surface area (Å²) in [5.41, 5.74) is 2.85. The molecule has 2 fully saturated rings. The SMILES string of the molecule is C[C@@H]1[C@@H](C)C/C=C/[C@@](CO)(CN2CCOCC2)[C@@H]2CC[C@H]2CN2C[C@@]3(CCCc4cc(Cl)ccc43)COc3ccc(cc32)C(=O)NS1(=O)=O. The summed E-state index contributed by atoms with van der Waals surface area (Å²) in [6.45, 7) is 9.24. The minimum Gasteiger partial charge on any atom is -0.490 e. The number of anilines is 1. The molecule has 1 saturated carbocycles. The number of benzene rings is 2. The Bertz CT molecular complexity index is 1700. The standard InChI is InChI=1S/C38H50ClN3O6S/c1-26-5-3-13-37(24-43,22-41-15-17-47-18-16-41)33-10-7-30(33)21-42-23-38(14-4-6-28-19-31(39)9-11-32(28)38)25-48-35-12-8-29(20-34(35)42)36(44)40-49(45,46)27(26)2/h3,8-9,11-13,19-20,26-27,30,33,43H,4-7,10,14-18,21-25H2,1-2H3,(H,40,44)/b13-3+/t26-,27+,30-,33+,37-,38-/m0/s1. The molecule has 1 saturated heterocycles. The third kappa shape index (κ3) is 6.76. The van der Waals surface area contributed by atoms with E-state index in [0.717, 1.165) is 69.0 Å². The number of fused-ring (bicyclic) bond motifs is 4. The van der Waals surface area contributed by atoms with Crippen molar-refractivity contribution in [2.24, 2.45) is 23.2 Å². The number of carbonyl (C=O) groups excluding carboxylic acids is 1. The molecule has 11 heteroatoms. The number of nitrogens with one attached hydrogen (secondary N) is 1. The molecule has 5 aliphatic rings. The maximum absolute atomic E-state index is 13.6. The van der Waals surface area contributed by atoms with Gasteiger partial charge in [-0.2, -0.15) is 0 Å². The molecule has 0 radical (unpaired) electrons. The number of aliphatic hydroxyl groups is 1. The maximum Gasteiger partial charge on any atom is 0.264 e. The van der Waals surface area contributed by atoms with Gasteiger partial charge < -0.3 is 19.5 Å². The molecule has 6 atom stereocenters. The first-order chi connectivity index (χ1) is 23.5. The molecule has 2 aromatic rings. The summed E-state index contributed by atoms with van der Waals surface area (Å²) < 4.78 is 41.7. The van der Waals surface area contributed by atoms with Crippen LogP contribution in [0, 0.1) is 23.2 Å². The highest BCUT2D eigenvalue weighted by Crippen LogP contribution is 2.51. The van der Waals surface area contributed by atoms with Crippen LogP contribution in [0.3, 0.4) is 0 Å². The zero-order chi connectivity index (χ0) is 34.4. The normalized spacial score (nSPS) is 34.0. The van der Waals surface area contributed by atoms with Crippen molar-refractivity contribution in [1.82, 2.24) is 9.62 Å². The molecule has 9 nitrogen and oxygen atoms in total. The zero-order valence-corrected chi connectivity index (χ0v) is 30.3. The molecule has 266 valence electrons. The van der Waals surface area contributed by atoms with E-state index in [1.807, 2.05) is 25.1 Å². The number of carbonyl (C=O) groups is 1. The van der Waals surface area contributed by atoms with Crippen LogP contribution in [0.4, 0.5) is 5.69 Å². The second-order valence-electron chi connectivity index (χ2n) is 15.3. The Morgan fingerprint density at radius 1 is 1.10 bits per heavy atom. The van der Waals surface area contributed by atoms with E-state index in [-0.39, 0.29) is 29.4 Å². The second kappa shape index (κ2) is 13.8. The molecule has 2 aromatic carbocycles. The molecule has 1 spiro atoms. The molecule has 2 aliphatic carbocycles. The van der Waals surface area contributed by atoms with Crippen molar-refractivity contribution < 1.29 is 27.8 Å². The van der Waals surface area contributed by atoms with E-state index >= 15 is 0 Å². The second-order valence-corrected chi connectivity index (χ2v) is 17.8. The lowest BCUT2D eigenvalue weighted by molar-refractivity contribution is -0.0378. The van der Waals surface area contributed by atoms with Gasteiger partial charge in [0.05, 0.1) is 37.4 Å². The number of hydrogen-bond acceptors (Lipinski definition) is 8. The van der Waals surface area contributed by atoms with Gasteiger partial charge in [0.1, 0.15) is 5.75 Å². The van der Waals surface area contributed by atoms with Crippen molar-refractivity contribution in [3.8, 4) is 5.75 Å². The number of aliphatic hydroxyl groups excluding tert-OH is 1. The summed E-state index contributed by atoms with van der Waals surface area (Å²) in [6, 6.07) is 11.5. The number of hydrogen-bond donors (Lipinski definition) is 2. The fourth-order valence-corrected chi connectivity index (χ4v) is 10.5. The minimum absolute atomic E-state index is 0.0161. The monoisotopic (exact) mass is 711 g/mol. The lowest BCUT2D eigenvalue weighted by Gasteiger charge is -2.52. The number of rotatable bonds is 3. The molecule has 2 bridgehead atoms. The highest BCUT2D eigenvalue weighted by Gasteiger charge is 2.49. The van der Waals surface area contributed by atoms with Gasteiger partial charge in [0, 0.05) is 54.1 Å². The fraction of sp³-hybridized carbons (Fsp3) is 0.605. The van der Waals surface area contributed by atoms with Gasteiger partial charge in [-0.3, -0.25) is 9.69 Å². The van der Waals surface area contributed by atoms with Crippen molar-refractivity contribution >= 4 is 33.2 Å². The molecule has 3 aliphatic heterocycles. The molecule has 0 unspecified atom stereocenters. The highest BCUT2D eigenvalue weighted by atomic mass is 35.5. The Kier molecular flexibility index (Phi) is 9.82. The topological polar surface area (TPSA) is 108 Å². The van der Waals surface area contributed by atoms with Crippen LogP contribution < -0.4 is 14.4 Å². The summed E-state index contributed by atoms with van der Waals surface area (Å²) in [4.78, 5) is 18.4. The van der Waals surface area contributed by atoms with E-state index in [1.165, 1.54) is 11.1 Å². The fourth-order valence-electron chi connectivity index (χ4n) is 9.07. The maximum atomic E-state index is 13.6. The first-order valence-electron chi connectivity index (χ1n) is 18.0. The minimum atomic E-state index is -3.96. The van der Waals surface area contributed by atoms with Crippen molar-refractivity contribution in [3.05, 3.63) is 70.3 Å². The van der Waals surface area contributed by atoms with Crippen LogP contribution in [0.25, 0.3) is 0 Å². The van der Waals surface area contributed by atoms with Crippen LogP contribution in [0.15, 0.2) is 48.6 Å². The Morgan fingerprint density at radius 3 is 2.67 bits per heavy atom. The van der Waals surface area contributed by atoms with Gasteiger partial charge in [0.25, 0.3) is 5.91 Å². The first kappa shape index (κ1) is 34.8. The largest absolute Gasteiger partial charge is 0.490 e. The van der Waals surface area contributed by atoms with Gasteiger partial charge in [-0.15, -0.1) is 0 Å². The van der Waals surface area contributed by atoms with Crippen LogP contribution in [0.5, 0.6) is 5.75 Å². The average Bonchev–Trinajstić information content (AvgIpc) is 3.22. The average molecular weight is 712 g/mol. The number of ether oxygens (including phenoxy) is 2. The number of allylic oxidation sites excluding steroid dienone is 1. The van der Waals surface area contributed by atoms with Crippen molar-refractivity contribution in [2.75, 3.05) is 64.1 Å². The Hall–Kier alpha value is -2.63. The van der Waals surface area contributed by atoms with E-state index in [4.69, 9.17) is 21.1 Å².